The van der Waals surface area contributed by atoms with Gasteiger partial charge >= 0.3 is 0 Å². The number of rotatable bonds is 3. The van der Waals surface area contributed by atoms with E-state index < -0.39 is 0 Å². The summed E-state index contributed by atoms with van der Waals surface area (Å²) in [5.74, 6) is 0.305. The zero-order valence-electron chi connectivity index (χ0n) is 19.1. The molecule has 6 rings (SSSR count). The molecule has 168 valence electrons. The third-order valence-corrected chi connectivity index (χ3v) is 9.01. The van der Waals surface area contributed by atoms with Gasteiger partial charge in [-0.25, -0.2) is 0 Å². The first-order valence-corrected chi connectivity index (χ1v) is 12.6. The van der Waals surface area contributed by atoms with Crippen LogP contribution in [0.3, 0.4) is 0 Å². The summed E-state index contributed by atoms with van der Waals surface area (Å²) in [6, 6.07) is 17.7. The first-order chi connectivity index (χ1) is 15.7. The number of hydrogen-bond acceptors (Lipinski definition) is 3. The van der Waals surface area contributed by atoms with E-state index in [1.165, 1.54) is 36.9 Å². The molecule has 1 amide bonds. The highest BCUT2D eigenvalue weighted by atomic mass is 16.2. The van der Waals surface area contributed by atoms with Crippen LogP contribution in [0, 0.1) is 0 Å². The molecule has 0 bridgehead atoms. The standard InChI is InChI=1S/C28H35N3O/c32-26(31-21-28(12-16-29-17-13-28)24-7-3-4-8-25(24)31)10-18-30-19-14-27(15-20-30)11-9-22-5-1-2-6-23(22)27/h1-8,29H,9-21H2. The Morgan fingerprint density at radius 2 is 1.56 bits per heavy atom. The van der Waals surface area contributed by atoms with E-state index in [0.29, 0.717) is 17.7 Å². The number of fused-ring (bicyclic) bond motifs is 4. The SMILES string of the molecule is O=C(CCN1CCC2(CCc3ccccc32)CC1)N1CC2(CCNCC2)c2ccccc21. The molecule has 4 heteroatoms. The van der Waals surface area contributed by atoms with Crippen molar-refractivity contribution in [2.45, 2.75) is 55.8 Å². The second-order valence-corrected chi connectivity index (χ2v) is 10.6. The second-order valence-electron chi connectivity index (χ2n) is 10.6. The molecule has 4 nitrogen and oxygen atoms in total. The van der Waals surface area contributed by atoms with E-state index in [1.54, 1.807) is 11.1 Å². The van der Waals surface area contributed by atoms with E-state index in [-0.39, 0.29) is 5.41 Å². The lowest BCUT2D eigenvalue weighted by molar-refractivity contribution is -0.119. The van der Waals surface area contributed by atoms with Crippen molar-refractivity contribution in [3.8, 4) is 0 Å². The van der Waals surface area contributed by atoms with Crippen LogP contribution < -0.4 is 10.2 Å². The number of benzene rings is 2. The van der Waals surface area contributed by atoms with Crippen LogP contribution in [0.25, 0.3) is 0 Å². The minimum Gasteiger partial charge on any atom is -0.317 e. The molecule has 1 aliphatic carbocycles. The van der Waals surface area contributed by atoms with Gasteiger partial charge in [-0.1, -0.05) is 42.5 Å². The van der Waals surface area contributed by atoms with Crippen molar-refractivity contribution < 1.29 is 4.79 Å². The first kappa shape index (κ1) is 20.4. The number of likely N-dealkylation sites (tertiary alicyclic amines) is 1. The van der Waals surface area contributed by atoms with E-state index in [2.05, 4.69) is 63.6 Å². The average Bonchev–Trinajstić information content (AvgIpc) is 3.36. The fourth-order valence-corrected chi connectivity index (χ4v) is 7.06. The number of piperidine rings is 2. The van der Waals surface area contributed by atoms with Gasteiger partial charge in [0.15, 0.2) is 0 Å². The molecular weight excluding hydrogens is 394 g/mol. The van der Waals surface area contributed by atoms with Crippen LogP contribution in [0.5, 0.6) is 0 Å². The maximum atomic E-state index is 13.4. The Kier molecular flexibility index (Phi) is 5.11. The van der Waals surface area contributed by atoms with E-state index >= 15 is 0 Å². The lowest BCUT2D eigenvalue weighted by atomic mass is 9.74. The number of nitrogens with one attached hydrogen (secondary N) is 1. The Morgan fingerprint density at radius 1 is 0.844 bits per heavy atom. The predicted molar refractivity (Wildman–Crippen MR) is 129 cm³/mol. The van der Waals surface area contributed by atoms with Crippen molar-refractivity contribution in [3.05, 3.63) is 65.2 Å². The number of nitrogens with zero attached hydrogens (tertiary/aromatic N) is 2. The van der Waals surface area contributed by atoms with Gasteiger partial charge in [-0.2, -0.15) is 0 Å². The molecular formula is C28H35N3O. The van der Waals surface area contributed by atoms with Crippen molar-refractivity contribution in [3.63, 3.8) is 0 Å². The van der Waals surface area contributed by atoms with Gasteiger partial charge in [0.25, 0.3) is 0 Å². The van der Waals surface area contributed by atoms with Crippen LogP contribution in [-0.2, 0) is 22.0 Å². The van der Waals surface area contributed by atoms with Crippen LogP contribution in [0.1, 0.15) is 55.2 Å². The molecule has 0 aromatic heterocycles. The molecule has 0 unspecified atom stereocenters. The highest BCUT2D eigenvalue weighted by molar-refractivity contribution is 5.96. The molecule has 1 N–H and O–H groups in total. The lowest BCUT2D eigenvalue weighted by Crippen LogP contribution is -2.45. The van der Waals surface area contributed by atoms with Gasteiger partial charge in [0.2, 0.25) is 5.91 Å². The molecule has 2 aromatic rings. The smallest absolute Gasteiger partial charge is 0.228 e. The quantitative estimate of drug-likeness (QED) is 0.800. The van der Waals surface area contributed by atoms with Crippen LogP contribution in [0.2, 0.25) is 0 Å². The maximum absolute atomic E-state index is 13.4. The lowest BCUT2D eigenvalue weighted by Gasteiger charge is -2.40. The summed E-state index contributed by atoms with van der Waals surface area (Å²) in [6.45, 7) is 6.10. The maximum Gasteiger partial charge on any atom is 0.228 e. The third kappa shape index (κ3) is 3.31. The molecule has 0 atom stereocenters. The summed E-state index contributed by atoms with van der Waals surface area (Å²) in [6.07, 6.45) is 7.90. The van der Waals surface area contributed by atoms with Crippen LogP contribution >= 0.6 is 0 Å². The van der Waals surface area contributed by atoms with Gasteiger partial charge in [0.1, 0.15) is 0 Å². The van der Waals surface area contributed by atoms with Crippen molar-refractivity contribution >= 4 is 11.6 Å². The Bertz CT molecular complexity index is 1000. The van der Waals surface area contributed by atoms with Gasteiger partial charge in [0, 0.05) is 30.6 Å². The van der Waals surface area contributed by atoms with Crippen molar-refractivity contribution in [2.75, 3.05) is 44.2 Å². The van der Waals surface area contributed by atoms with Gasteiger partial charge in [-0.15, -0.1) is 0 Å². The topological polar surface area (TPSA) is 35.6 Å². The first-order valence-electron chi connectivity index (χ1n) is 12.6. The summed E-state index contributed by atoms with van der Waals surface area (Å²) in [4.78, 5) is 18.0. The van der Waals surface area contributed by atoms with E-state index in [1.807, 2.05) is 0 Å². The van der Waals surface area contributed by atoms with Crippen molar-refractivity contribution in [1.82, 2.24) is 10.2 Å². The largest absolute Gasteiger partial charge is 0.317 e. The number of carbonyl (C=O) groups excluding carboxylic acids is 1. The molecule has 2 fully saturated rings. The predicted octanol–water partition coefficient (Wildman–Crippen LogP) is 4.02. The van der Waals surface area contributed by atoms with Gasteiger partial charge in [-0.05, 0) is 92.9 Å². The Balaban J connectivity index is 1.09. The molecule has 3 heterocycles. The molecule has 2 saturated heterocycles. The highest BCUT2D eigenvalue weighted by Gasteiger charge is 2.45. The molecule has 2 aromatic carbocycles. The van der Waals surface area contributed by atoms with Crippen LogP contribution in [-0.4, -0.2) is 50.1 Å². The average molecular weight is 430 g/mol. The number of aryl methyl sites for hydroxylation is 1. The summed E-state index contributed by atoms with van der Waals surface area (Å²) >= 11 is 0. The monoisotopic (exact) mass is 429 g/mol. The minimum atomic E-state index is 0.158. The number of hydrogen-bond donors (Lipinski definition) is 1. The Hall–Kier alpha value is -2.17. The normalized spacial score (nSPS) is 23.4. The number of amides is 1. The van der Waals surface area contributed by atoms with Crippen molar-refractivity contribution in [1.29, 1.82) is 0 Å². The zero-order chi connectivity index (χ0) is 21.6. The molecule has 0 radical (unpaired) electrons. The van der Waals surface area contributed by atoms with E-state index in [0.717, 1.165) is 52.1 Å². The second kappa shape index (κ2) is 8.00. The summed E-state index contributed by atoms with van der Waals surface area (Å²) in [5, 5.41) is 3.50. The molecule has 3 aliphatic heterocycles. The summed E-state index contributed by atoms with van der Waals surface area (Å²) in [5.41, 5.74) is 6.29. The van der Waals surface area contributed by atoms with Gasteiger partial charge < -0.3 is 15.1 Å². The third-order valence-electron chi connectivity index (χ3n) is 9.01. The number of anilines is 1. The summed E-state index contributed by atoms with van der Waals surface area (Å²) < 4.78 is 0. The van der Waals surface area contributed by atoms with E-state index in [9.17, 15) is 4.79 Å². The zero-order valence-corrected chi connectivity index (χ0v) is 19.1. The summed E-state index contributed by atoms with van der Waals surface area (Å²) in [7, 11) is 0. The minimum absolute atomic E-state index is 0.158. The van der Waals surface area contributed by atoms with Crippen LogP contribution in [0.15, 0.2) is 48.5 Å². The van der Waals surface area contributed by atoms with Crippen molar-refractivity contribution in [2.24, 2.45) is 0 Å². The van der Waals surface area contributed by atoms with Crippen LogP contribution in [0.4, 0.5) is 5.69 Å². The number of para-hydroxylation sites is 1. The number of carbonyl (C=O) groups is 1. The fourth-order valence-electron chi connectivity index (χ4n) is 7.06. The Labute approximate surface area is 192 Å². The molecule has 0 saturated carbocycles. The molecule has 32 heavy (non-hydrogen) atoms. The fraction of sp³-hybridized carbons (Fsp3) is 0.536. The molecule has 4 aliphatic rings. The highest BCUT2D eigenvalue weighted by Crippen LogP contribution is 2.47. The van der Waals surface area contributed by atoms with Gasteiger partial charge in [-0.3, -0.25) is 4.79 Å². The van der Waals surface area contributed by atoms with Gasteiger partial charge in [0.05, 0.1) is 0 Å². The Morgan fingerprint density at radius 3 is 2.38 bits per heavy atom. The van der Waals surface area contributed by atoms with E-state index in [4.69, 9.17) is 0 Å². The molecule has 2 spiro atoms.